The third-order valence-corrected chi connectivity index (χ3v) is 2.10. The van der Waals surface area contributed by atoms with Crippen LogP contribution >= 0.6 is 0 Å². The van der Waals surface area contributed by atoms with Crippen molar-refractivity contribution in [2.45, 2.75) is 13.8 Å². The van der Waals surface area contributed by atoms with Gasteiger partial charge in [0.25, 0.3) is 0 Å². The second-order valence-electron chi connectivity index (χ2n) is 4.67. The zero-order chi connectivity index (χ0) is 16.5. The Labute approximate surface area is 128 Å². The van der Waals surface area contributed by atoms with Gasteiger partial charge in [-0.15, -0.1) is 0 Å². The first-order valence-corrected chi connectivity index (χ1v) is 6.45. The third kappa shape index (κ3) is 7.14. The lowest BCUT2D eigenvalue weighted by Gasteiger charge is -2.07. The minimum atomic E-state index is -0.836. The molecule has 1 rings (SSSR count). The molecular weight excluding hydrogens is 288 g/mol. The van der Waals surface area contributed by atoms with Gasteiger partial charge >= 0.3 is 12.3 Å². The van der Waals surface area contributed by atoms with E-state index >= 15 is 0 Å². The fraction of sp³-hybridized carbons (Fsp3) is 0.250. The Bertz CT molecular complexity index is 508. The Morgan fingerprint density at radius 2 is 1.14 bits per heavy atom. The maximum atomic E-state index is 11.3. The normalized spacial score (nSPS) is 9.55. The summed E-state index contributed by atoms with van der Waals surface area (Å²) >= 11 is 0. The van der Waals surface area contributed by atoms with E-state index in [2.05, 4.69) is 13.2 Å². The number of ether oxygens (including phenoxy) is 4. The van der Waals surface area contributed by atoms with Crippen LogP contribution in [0.2, 0.25) is 0 Å². The van der Waals surface area contributed by atoms with Crippen molar-refractivity contribution in [3.8, 4) is 11.5 Å². The molecule has 0 unspecified atom stereocenters. The number of hydrogen-bond donors (Lipinski definition) is 0. The van der Waals surface area contributed by atoms with Gasteiger partial charge in [0.1, 0.15) is 24.7 Å². The van der Waals surface area contributed by atoms with Crippen molar-refractivity contribution >= 4 is 12.3 Å². The highest BCUT2D eigenvalue weighted by Gasteiger charge is 2.08. The summed E-state index contributed by atoms with van der Waals surface area (Å²) in [4.78, 5) is 22.7. The molecule has 0 saturated carbocycles. The van der Waals surface area contributed by atoms with Crippen LogP contribution < -0.4 is 9.47 Å². The molecule has 0 heterocycles. The number of carbonyl (C=O) groups excluding carboxylic acids is 2. The standard InChI is InChI=1S/C16H18O6/c1-11(2)9-19-15(17)21-13-5-7-14(8-6-13)22-16(18)20-10-12(3)4/h5-8H,1,3,9-10H2,2,4H3. The molecule has 22 heavy (non-hydrogen) atoms. The summed E-state index contributed by atoms with van der Waals surface area (Å²) in [5.74, 6) is 0.517. The summed E-state index contributed by atoms with van der Waals surface area (Å²) < 4.78 is 19.4. The first kappa shape index (κ1) is 17.3. The largest absolute Gasteiger partial charge is 0.514 e. The highest BCUT2D eigenvalue weighted by Crippen LogP contribution is 2.18. The van der Waals surface area contributed by atoms with E-state index in [1.54, 1.807) is 13.8 Å². The van der Waals surface area contributed by atoms with E-state index in [1.165, 1.54) is 24.3 Å². The van der Waals surface area contributed by atoms with Gasteiger partial charge in [-0.05, 0) is 49.3 Å². The van der Waals surface area contributed by atoms with E-state index in [4.69, 9.17) is 18.9 Å². The van der Waals surface area contributed by atoms with E-state index in [0.717, 1.165) is 0 Å². The van der Waals surface area contributed by atoms with Crippen LogP contribution in [-0.2, 0) is 9.47 Å². The topological polar surface area (TPSA) is 71.1 Å². The van der Waals surface area contributed by atoms with E-state index in [9.17, 15) is 9.59 Å². The molecule has 0 aromatic heterocycles. The molecule has 1 aromatic rings. The summed E-state index contributed by atoms with van der Waals surface area (Å²) in [7, 11) is 0. The molecule has 0 spiro atoms. The minimum Gasteiger partial charge on any atom is -0.429 e. The van der Waals surface area contributed by atoms with Crippen LogP contribution in [0.1, 0.15) is 13.8 Å². The molecule has 0 bridgehead atoms. The molecule has 0 atom stereocenters. The molecule has 6 nitrogen and oxygen atoms in total. The highest BCUT2D eigenvalue weighted by atomic mass is 16.7. The second kappa shape index (κ2) is 8.51. The van der Waals surface area contributed by atoms with Gasteiger partial charge < -0.3 is 18.9 Å². The van der Waals surface area contributed by atoms with Gasteiger partial charge in [-0.3, -0.25) is 0 Å². The summed E-state index contributed by atoms with van der Waals surface area (Å²) in [5, 5.41) is 0. The predicted molar refractivity (Wildman–Crippen MR) is 80.0 cm³/mol. The predicted octanol–water partition coefficient (Wildman–Crippen LogP) is 3.87. The van der Waals surface area contributed by atoms with E-state index in [0.29, 0.717) is 11.1 Å². The number of benzene rings is 1. The molecule has 6 heteroatoms. The van der Waals surface area contributed by atoms with Crippen molar-refractivity contribution in [2.24, 2.45) is 0 Å². The van der Waals surface area contributed by atoms with Gasteiger partial charge in [0.05, 0.1) is 0 Å². The maximum Gasteiger partial charge on any atom is 0.514 e. The van der Waals surface area contributed by atoms with Crippen molar-refractivity contribution in [3.63, 3.8) is 0 Å². The molecule has 0 saturated heterocycles. The lowest BCUT2D eigenvalue weighted by atomic mass is 10.3. The molecular formula is C16H18O6. The first-order chi connectivity index (χ1) is 10.4. The van der Waals surface area contributed by atoms with Crippen LogP contribution in [0.15, 0.2) is 48.6 Å². The van der Waals surface area contributed by atoms with Crippen LogP contribution in [-0.4, -0.2) is 25.5 Å². The molecule has 0 aliphatic carbocycles. The summed E-state index contributed by atoms with van der Waals surface area (Å²) in [6, 6.07) is 5.85. The molecule has 118 valence electrons. The molecule has 0 radical (unpaired) electrons. The number of carbonyl (C=O) groups is 2. The summed E-state index contributed by atoms with van der Waals surface area (Å²) in [5.41, 5.74) is 1.41. The molecule has 0 amide bonds. The summed E-state index contributed by atoms with van der Waals surface area (Å²) in [6.07, 6.45) is -1.67. The Balaban J connectivity index is 2.45. The Kier molecular flexibility index (Phi) is 6.69. The monoisotopic (exact) mass is 306 g/mol. The molecule has 0 aliphatic heterocycles. The number of hydrogen-bond acceptors (Lipinski definition) is 6. The van der Waals surface area contributed by atoms with Gasteiger partial charge in [0, 0.05) is 0 Å². The van der Waals surface area contributed by atoms with Gasteiger partial charge in [0.15, 0.2) is 0 Å². The van der Waals surface area contributed by atoms with Crippen molar-refractivity contribution in [1.82, 2.24) is 0 Å². The third-order valence-electron chi connectivity index (χ3n) is 2.10. The van der Waals surface area contributed by atoms with Crippen molar-refractivity contribution in [2.75, 3.05) is 13.2 Å². The van der Waals surface area contributed by atoms with Crippen LogP contribution in [0.3, 0.4) is 0 Å². The zero-order valence-electron chi connectivity index (χ0n) is 12.6. The molecule has 1 aromatic carbocycles. The number of rotatable bonds is 6. The Morgan fingerprint density at radius 1 is 0.818 bits per heavy atom. The van der Waals surface area contributed by atoms with Crippen molar-refractivity contribution in [3.05, 3.63) is 48.6 Å². The van der Waals surface area contributed by atoms with Gasteiger partial charge in [-0.1, -0.05) is 13.2 Å². The van der Waals surface area contributed by atoms with Gasteiger partial charge in [-0.25, -0.2) is 9.59 Å². The van der Waals surface area contributed by atoms with Crippen LogP contribution in [0.5, 0.6) is 11.5 Å². The quantitative estimate of drug-likeness (QED) is 0.451. The van der Waals surface area contributed by atoms with E-state index < -0.39 is 12.3 Å². The summed E-state index contributed by atoms with van der Waals surface area (Å²) in [6.45, 7) is 10.8. The lowest BCUT2D eigenvalue weighted by molar-refractivity contribution is 0.105. The average Bonchev–Trinajstić information content (AvgIpc) is 2.45. The smallest absolute Gasteiger partial charge is 0.429 e. The van der Waals surface area contributed by atoms with Crippen LogP contribution in [0.4, 0.5) is 9.59 Å². The van der Waals surface area contributed by atoms with E-state index in [-0.39, 0.29) is 24.7 Å². The minimum absolute atomic E-state index is 0.0919. The SMILES string of the molecule is C=C(C)COC(=O)Oc1ccc(OC(=O)OCC(=C)C)cc1. The molecule has 0 aliphatic rings. The van der Waals surface area contributed by atoms with Crippen LogP contribution in [0.25, 0.3) is 0 Å². The molecule has 0 fully saturated rings. The fourth-order valence-corrected chi connectivity index (χ4v) is 1.19. The lowest BCUT2D eigenvalue weighted by Crippen LogP contribution is -2.12. The fourth-order valence-electron chi connectivity index (χ4n) is 1.19. The first-order valence-electron chi connectivity index (χ1n) is 6.45. The van der Waals surface area contributed by atoms with E-state index in [1.807, 2.05) is 0 Å². The van der Waals surface area contributed by atoms with Crippen molar-refractivity contribution in [1.29, 1.82) is 0 Å². The highest BCUT2D eigenvalue weighted by molar-refractivity contribution is 5.65. The zero-order valence-corrected chi connectivity index (χ0v) is 12.6. The van der Waals surface area contributed by atoms with Crippen molar-refractivity contribution < 1.29 is 28.5 Å². The average molecular weight is 306 g/mol. The van der Waals surface area contributed by atoms with Gasteiger partial charge in [0.2, 0.25) is 0 Å². The molecule has 0 N–H and O–H groups in total. The maximum absolute atomic E-state index is 11.3. The Hall–Kier alpha value is -2.76. The Morgan fingerprint density at radius 3 is 1.41 bits per heavy atom. The second-order valence-corrected chi connectivity index (χ2v) is 4.67. The van der Waals surface area contributed by atoms with Crippen LogP contribution in [0, 0.1) is 0 Å². The van der Waals surface area contributed by atoms with Gasteiger partial charge in [-0.2, -0.15) is 0 Å².